The van der Waals surface area contributed by atoms with Gasteiger partial charge in [0.1, 0.15) is 0 Å². The zero-order chi connectivity index (χ0) is 19.8. The molecule has 7 nitrogen and oxygen atoms in total. The highest BCUT2D eigenvalue weighted by atomic mass is 16.2. The second-order valence-electron chi connectivity index (χ2n) is 7.37. The van der Waals surface area contributed by atoms with E-state index in [4.69, 9.17) is 0 Å². The van der Waals surface area contributed by atoms with Crippen molar-refractivity contribution < 1.29 is 9.59 Å². The number of pyridine rings is 1. The van der Waals surface area contributed by atoms with Gasteiger partial charge in [-0.25, -0.2) is 9.67 Å². The van der Waals surface area contributed by atoms with Crippen molar-refractivity contribution in [3.63, 3.8) is 0 Å². The third kappa shape index (κ3) is 3.24. The van der Waals surface area contributed by atoms with E-state index in [0.29, 0.717) is 23.4 Å². The highest BCUT2D eigenvalue weighted by Crippen LogP contribution is 2.25. The molecule has 0 spiro atoms. The van der Waals surface area contributed by atoms with Crippen LogP contribution in [0.2, 0.25) is 0 Å². The minimum absolute atomic E-state index is 0.121. The summed E-state index contributed by atoms with van der Waals surface area (Å²) in [6, 6.07) is 9.40. The molecule has 1 aromatic carbocycles. The van der Waals surface area contributed by atoms with Crippen LogP contribution in [-0.2, 0) is 4.79 Å². The van der Waals surface area contributed by atoms with Crippen LogP contribution < -0.4 is 10.2 Å². The average molecular weight is 377 g/mol. The van der Waals surface area contributed by atoms with Crippen LogP contribution in [0.4, 0.5) is 11.4 Å². The first-order valence-electron chi connectivity index (χ1n) is 9.50. The lowest BCUT2D eigenvalue weighted by molar-refractivity contribution is -0.117. The van der Waals surface area contributed by atoms with Gasteiger partial charge in [-0.1, -0.05) is 6.07 Å². The fraction of sp³-hybridized carbons (Fsp3) is 0.333. The van der Waals surface area contributed by atoms with Crippen molar-refractivity contribution >= 4 is 34.2 Å². The normalized spacial score (nSPS) is 14.3. The van der Waals surface area contributed by atoms with Gasteiger partial charge in [-0.3, -0.25) is 9.59 Å². The molecule has 2 amide bonds. The number of hydrogen-bond donors (Lipinski definition) is 1. The minimum atomic E-state index is -0.228. The lowest BCUT2D eigenvalue weighted by Crippen LogP contribution is -2.23. The minimum Gasteiger partial charge on any atom is -0.322 e. The molecule has 0 unspecified atom stereocenters. The van der Waals surface area contributed by atoms with E-state index in [1.807, 2.05) is 55.8 Å². The molecule has 1 aliphatic rings. The molecule has 144 valence electrons. The van der Waals surface area contributed by atoms with Gasteiger partial charge in [0.25, 0.3) is 5.91 Å². The van der Waals surface area contributed by atoms with Crippen molar-refractivity contribution in [2.75, 3.05) is 16.8 Å². The quantitative estimate of drug-likeness (QED) is 0.752. The average Bonchev–Trinajstić information content (AvgIpc) is 3.27. The fourth-order valence-corrected chi connectivity index (χ4v) is 3.54. The maximum atomic E-state index is 12.9. The van der Waals surface area contributed by atoms with Crippen LogP contribution in [0.15, 0.2) is 36.5 Å². The summed E-state index contributed by atoms with van der Waals surface area (Å²) in [6.07, 6.45) is 3.17. The first-order valence-corrected chi connectivity index (χ1v) is 9.50. The number of carbonyl (C=O) groups is 2. The molecule has 0 radical (unpaired) electrons. The van der Waals surface area contributed by atoms with E-state index in [1.165, 1.54) is 0 Å². The van der Waals surface area contributed by atoms with Gasteiger partial charge >= 0.3 is 0 Å². The molecule has 2 aromatic heterocycles. The van der Waals surface area contributed by atoms with Crippen molar-refractivity contribution in [3.05, 3.63) is 47.8 Å². The van der Waals surface area contributed by atoms with Gasteiger partial charge in [0.15, 0.2) is 5.65 Å². The predicted molar refractivity (Wildman–Crippen MR) is 109 cm³/mol. The summed E-state index contributed by atoms with van der Waals surface area (Å²) in [5.41, 5.74) is 3.40. The second-order valence-corrected chi connectivity index (χ2v) is 7.37. The summed E-state index contributed by atoms with van der Waals surface area (Å²) in [6.45, 7) is 6.63. The Balaban J connectivity index is 1.60. The van der Waals surface area contributed by atoms with Crippen LogP contribution in [0.5, 0.6) is 0 Å². The molecule has 1 aliphatic heterocycles. The molecule has 0 saturated carbocycles. The van der Waals surface area contributed by atoms with Crippen LogP contribution in [-0.4, -0.2) is 33.1 Å². The first-order chi connectivity index (χ1) is 13.4. The van der Waals surface area contributed by atoms with E-state index in [0.717, 1.165) is 29.7 Å². The lowest BCUT2D eigenvalue weighted by Gasteiger charge is -2.17. The van der Waals surface area contributed by atoms with Crippen LogP contribution >= 0.6 is 0 Å². The van der Waals surface area contributed by atoms with E-state index in [1.54, 1.807) is 11.1 Å². The van der Waals surface area contributed by atoms with Gasteiger partial charge in [-0.15, -0.1) is 0 Å². The number of nitrogens with zero attached hydrogens (tertiary/aromatic N) is 4. The van der Waals surface area contributed by atoms with E-state index in [-0.39, 0.29) is 17.9 Å². The van der Waals surface area contributed by atoms with E-state index in [9.17, 15) is 9.59 Å². The zero-order valence-corrected chi connectivity index (χ0v) is 16.3. The molecule has 1 saturated heterocycles. The van der Waals surface area contributed by atoms with Crippen molar-refractivity contribution in [1.82, 2.24) is 14.8 Å². The lowest BCUT2D eigenvalue weighted by atomic mass is 10.1. The van der Waals surface area contributed by atoms with E-state index in [2.05, 4.69) is 15.4 Å². The third-order valence-electron chi connectivity index (χ3n) is 4.98. The summed E-state index contributed by atoms with van der Waals surface area (Å²) in [5.74, 6) is -0.106. The topological polar surface area (TPSA) is 80.1 Å². The SMILES string of the molecule is Cc1nc2c(cnn2C(C)C)cc1C(=O)Nc1cccc(N2CCCC2=O)c1. The summed E-state index contributed by atoms with van der Waals surface area (Å²) in [7, 11) is 0. The van der Waals surface area contributed by atoms with E-state index >= 15 is 0 Å². The summed E-state index contributed by atoms with van der Waals surface area (Å²) < 4.78 is 1.85. The Hall–Kier alpha value is -3.22. The van der Waals surface area contributed by atoms with Crippen LogP contribution in [0, 0.1) is 6.92 Å². The second kappa shape index (κ2) is 7.07. The summed E-state index contributed by atoms with van der Waals surface area (Å²) in [4.78, 5) is 31.2. The maximum absolute atomic E-state index is 12.9. The van der Waals surface area contributed by atoms with Crippen molar-refractivity contribution in [1.29, 1.82) is 0 Å². The number of nitrogens with one attached hydrogen (secondary N) is 1. The molecular weight excluding hydrogens is 354 g/mol. The molecule has 0 atom stereocenters. The number of fused-ring (bicyclic) bond motifs is 1. The summed E-state index contributed by atoms with van der Waals surface area (Å²) in [5, 5.41) is 8.13. The Morgan fingerprint density at radius 3 is 2.79 bits per heavy atom. The Labute approximate surface area is 163 Å². The van der Waals surface area contributed by atoms with Crippen molar-refractivity contribution in [3.8, 4) is 0 Å². The van der Waals surface area contributed by atoms with Gasteiger partial charge in [-0.2, -0.15) is 5.10 Å². The highest BCUT2D eigenvalue weighted by Gasteiger charge is 2.22. The van der Waals surface area contributed by atoms with Gasteiger partial charge < -0.3 is 10.2 Å². The number of benzene rings is 1. The van der Waals surface area contributed by atoms with Gasteiger partial charge in [-0.05, 0) is 51.5 Å². The zero-order valence-electron chi connectivity index (χ0n) is 16.3. The van der Waals surface area contributed by atoms with Crippen LogP contribution in [0.3, 0.4) is 0 Å². The van der Waals surface area contributed by atoms with Crippen LogP contribution in [0.25, 0.3) is 11.0 Å². The number of amides is 2. The molecule has 0 bridgehead atoms. The number of aromatic nitrogens is 3. The Morgan fingerprint density at radius 2 is 2.07 bits per heavy atom. The van der Waals surface area contributed by atoms with Crippen molar-refractivity contribution in [2.45, 2.75) is 39.7 Å². The van der Waals surface area contributed by atoms with Gasteiger partial charge in [0.05, 0.1) is 17.5 Å². The van der Waals surface area contributed by atoms with Crippen LogP contribution in [0.1, 0.15) is 48.8 Å². The number of hydrogen-bond acceptors (Lipinski definition) is 4. The molecule has 1 fully saturated rings. The monoisotopic (exact) mass is 377 g/mol. The number of anilines is 2. The molecule has 0 aliphatic carbocycles. The Kier molecular flexibility index (Phi) is 4.58. The molecule has 3 aromatic rings. The first kappa shape index (κ1) is 18.2. The van der Waals surface area contributed by atoms with Gasteiger partial charge in [0.2, 0.25) is 5.91 Å². The number of aryl methyl sites for hydroxylation is 1. The molecular formula is C21H23N5O2. The van der Waals surface area contributed by atoms with E-state index < -0.39 is 0 Å². The molecule has 7 heteroatoms. The van der Waals surface area contributed by atoms with Crippen molar-refractivity contribution in [2.24, 2.45) is 0 Å². The Morgan fingerprint density at radius 1 is 1.25 bits per heavy atom. The maximum Gasteiger partial charge on any atom is 0.257 e. The molecule has 1 N–H and O–H groups in total. The molecule has 3 heterocycles. The third-order valence-corrected chi connectivity index (χ3v) is 4.98. The fourth-order valence-electron chi connectivity index (χ4n) is 3.54. The van der Waals surface area contributed by atoms with Gasteiger partial charge in [0, 0.05) is 35.8 Å². The predicted octanol–water partition coefficient (Wildman–Crippen LogP) is 3.70. The number of rotatable bonds is 4. The molecule has 4 rings (SSSR count). The standard InChI is InChI=1S/C21H23N5O2/c1-13(2)26-20-15(12-22-26)10-18(14(3)23-20)21(28)24-16-6-4-7-17(11-16)25-9-5-8-19(25)27/h4,6-7,10-13H,5,8-9H2,1-3H3,(H,24,28). The largest absolute Gasteiger partial charge is 0.322 e. The molecule has 28 heavy (non-hydrogen) atoms. The Bertz CT molecular complexity index is 1070. The smallest absolute Gasteiger partial charge is 0.257 e. The summed E-state index contributed by atoms with van der Waals surface area (Å²) >= 11 is 0. The highest BCUT2D eigenvalue weighted by molar-refractivity contribution is 6.07. The number of carbonyl (C=O) groups excluding carboxylic acids is 2.